The van der Waals surface area contributed by atoms with Crippen LogP contribution in [0.15, 0.2) is 43.0 Å². The molecule has 13 heteroatoms. The molecule has 0 saturated carbocycles. The van der Waals surface area contributed by atoms with Gasteiger partial charge in [0, 0.05) is 38.9 Å². The number of allylic oxidation sites excluding steroid dienone is 1. The first kappa shape index (κ1) is 32.8. The van der Waals surface area contributed by atoms with Crippen molar-refractivity contribution in [3.8, 4) is 0 Å². The Morgan fingerprint density at radius 1 is 1.05 bits per heavy atom. The lowest BCUT2D eigenvalue weighted by atomic mass is 9.93. The average Bonchev–Trinajstić information content (AvgIpc) is 2.80. The first-order valence-electron chi connectivity index (χ1n) is 11.3. The molecule has 0 fully saturated rings. The molecule has 0 bridgehead atoms. The van der Waals surface area contributed by atoms with Gasteiger partial charge in [0.1, 0.15) is 21.6 Å². The summed E-state index contributed by atoms with van der Waals surface area (Å²) in [5, 5.41) is -0.391. The molecule has 0 spiro atoms. The third-order valence-electron chi connectivity index (χ3n) is 5.74. The van der Waals surface area contributed by atoms with Gasteiger partial charge in [-0.25, -0.2) is 12.8 Å². The smallest absolute Gasteiger partial charge is 0.294 e. The van der Waals surface area contributed by atoms with Crippen molar-refractivity contribution >= 4 is 50.7 Å². The van der Waals surface area contributed by atoms with E-state index in [4.69, 9.17) is 23.2 Å². The molecule has 2 atom stereocenters. The van der Waals surface area contributed by atoms with E-state index >= 15 is 4.39 Å². The Bertz CT molecular complexity index is 1360. The summed E-state index contributed by atoms with van der Waals surface area (Å²) in [5.74, 6) is -6.75. The van der Waals surface area contributed by atoms with E-state index < -0.39 is 80.1 Å². The molecule has 0 aliphatic heterocycles. The Hall–Kier alpha value is -2.37. The van der Waals surface area contributed by atoms with Gasteiger partial charge in [0.15, 0.2) is 5.78 Å². The van der Waals surface area contributed by atoms with Crippen LogP contribution in [0.25, 0.3) is 11.9 Å². The average molecular weight is 619 g/mol. The van der Waals surface area contributed by atoms with Crippen LogP contribution in [0, 0.1) is 5.92 Å². The Morgan fingerprint density at radius 2 is 1.62 bits per heavy atom. The number of ketones is 1. The summed E-state index contributed by atoms with van der Waals surface area (Å²) in [7, 11) is -3.50. The van der Waals surface area contributed by atoms with Crippen LogP contribution in [0.5, 0.6) is 0 Å². The molecule has 0 aliphatic rings. The Balaban J connectivity index is 2.54. The van der Waals surface area contributed by atoms with Crippen LogP contribution in [-0.2, 0) is 16.0 Å². The van der Waals surface area contributed by atoms with Gasteiger partial charge >= 0.3 is 12.4 Å². The van der Waals surface area contributed by atoms with Crippen molar-refractivity contribution in [2.45, 2.75) is 38.5 Å². The highest BCUT2D eigenvalue weighted by Gasteiger charge is 2.41. The van der Waals surface area contributed by atoms with Crippen LogP contribution in [0.1, 0.15) is 58.8 Å². The van der Waals surface area contributed by atoms with Crippen molar-refractivity contribution in [1.29, 1.82) is 0 Å². The lowest BCUT2D eigenvalue weighted by molar-refractivity contribution is -0.140. The zero-order valence-electron chi connectivity index (χ0n) is 20.6. The first-order chi connectivity index (χ1) is 17.8. The first-order valence-corrected chi connectivity index (χ1v) is 13.9. The highest BCUT2D eigenvalue weighted by atomic mass is 35.5. The summed E-state index contributed by atoms with van der Waals surface area (Å²) >= 11 is 11.9. The predicted octanol–water partition coefficient (Wildman–Crippen LogP) is 8.96. The van der Waals surface area contributed by atoms with Crippen molar-refractivity contribution in [2.24, 2.45) is 5.92 Å². The Morgan fingerprint density at radius 3 is 2.08 bits per heavy atom. The molecule has 0 amide bonds. The van der Waals surface area contributed by atoms with Gasteiger partial charge in [0.2, 0.25) is 0 Å². The molecule has 0 heterocycles. The molecule has 214 valence electrons. The molecule has 39 heavy (non-hydrogen) atoms. The Labute approximate surface area is 231 Å². The number of halogens is 9. The van der Waals surface area contributed by atoms with Crippen molar-refractivity contribution in [1.82, 2.24) is 0 Å². The maximum atomic E-state index is 15.0. The standard InChI is InChI=1S/C26H23Cl2F7O3S/c1-4-17-21(27)10-16(11-22(17)28)19(25(30,31)32)12-23(29)15-6-7-18(20(9-15)26(33,34)35)24(36)8-14(3)13-39(37,38)5-2/h4,6-7,9-12,14,19H,1,5,8,13H2,2-3H3/b23-12-/t14-,19?/m0/s1. The fraction of sp³-hybridized carbons (Fsp3) is 0.346. The minimum atomic E-state index is -5.16. The topological polar surface area (TPSA) is 51.2 Å². The van der Waals surface area contributed by atoms with E-state index in [0.29, 0.717) is 6.07 Å². The monoisotopic (exact) mass is 618 g/mol. The van der Waals surface area contributed by atoms with E-state index in [0.717, 1.165) is 18.2 Å². The van der Waals surface area contributed by atoms with Gasteiger partial charge in [0.05, 0.1) is 11.3 Å². The minimum absolute atomic E-state index is 0.0875. The minimum Gasteiger partial charge on any atom is -0.294 e. The molecule has 0 saturated heterocycles. The number of benzene rings is 2. The maximum Gasteiger partial charge on any atom is 0.417 e. The number of rotatable bonds is 10. The second kappa shape index (κ2) is 12.4. The third-order valence-corrected chi connectivity index (χ3v) is 8.33. The van der Waals surface area contributed by atoms with Crippen LogP contribution in [0.2, 0.25) is 10.0 Å². The van der Waals surface area contributed by atoms with Gasteiger partial charge in [-0.05, 0) is 35.8 Å². The second-order valence-corrected chi connectivity index (χ2v) is 12.0. The maximum absolute atomic E-state index is 15.0. The van der Waals surface area contributed by atoms with Crippen LogP contribution in [-0.4, -0.2) is 31.9 Å². The fourth-order valence-corrected chi connectivity index (χ4v) is 5.69. The molecule has 2 rings (SSSR count). The number of Topliss-reactive ketones (excluding diaryl/α,β-unsaturated/α-hetero) is 1. The summed E-state index contributed by atoms with van der Waals surface area (Å²) in [6.07, 6.45) is -9.48. The lowest BCUT2D eigenvalue weighted by Crippen LogP contribution is -2.20. The van der Waals surface area contributed by atoms with E-state index in [9.17, 15) is 39.6 Å². The van der Waals surface area contributed by atoms with Crippen LogP contribution in [0.3, 0.4) is 0 Å². The second-order valence-electron chi connectivity index (χ2n) is 8.83. The van der Waals surface area contributed by atoms with Crippen LogP contribution >= 0.6 is 23.2 Å². The molecule has 2 aromatic rings. The molecule has 0 N–H and O–H groups in total. The zero-order chi connectivity index (χ0) is 29.9. The number of carbonyl (C=O) groups excluding carboxylic acids is 1. The van der Waals surface area contributed by atoms with Crippen molar-refractivity contribution in [3.63, 3.8) is 0 Å². The fourth-order valence-electron chi connectivity index (χ4n) is 3.81. The van der Waals surface area contributed by atoms with Gasteiger partial charge in [0.25, 0.3) is 0 Å². The summed E-state index contributed by atoms with van der Waals surface area (Å²) in [4.78, 5) is 12.6. The van der Waals surface area contributed by atoms with Crippen LogP contribution in [0.4, 0.5) is 30.7 Å². The number of hydrogen-bond donors (Lipinski definition) is 0. The molecule has 3 nitrogen and oxygen atoms in total. The summed E-state index contributed by atoms with van der Waals surface area (Å²) < 4.78 is 121. The SMILES string of the molecule is C=Cc1c(Cl)cc(C(/C=C(\F)c2ccc(C(=O)C[C@H](C)CS(=O)(=O)CC)c(C(F)(F)F)c2)C(F)(F)F)cc1Cl. The quantitative estimate of drug-likeness (QED) is 0.197. The molecular weight excluding hydrogens is 596 g/mol. The molecule has 0 radical (unpaired) electrons. The van der Waals surface area contributed by atoms with E-state index in [1.54, 1.807) is 0 Å². The normalized spacial score (nSPS) is 14.7. The van der Waals surface area contributed by atoms with E-state index in [1.807, 2.05) is 0 Å². The van der Waals surface area contributed by atoms with Crippen molar-refractivity contribution in [3.05, 3.63) is 80.8 Å². The molecule has 0 aliphatic carbocycles. The largest absolute Gasteiger partial charge is 0.417 e. The van der Waals surface area contributed by atoms with E-state index in [-0.39, 0.29) is 33.5 Å². The lowest BCUT2D eigenvalue weighted by Gasteiger charge is -2.20. The number of carbonyl (C=O) groups is 1. The number of alkyl halides is 6. The molecular formula is C26H23Cl2F7O3S. The molecule has 1 unspecified atom stereocenters. The van der Waals surface area contributed by atoms with Crippen molar-refractivity contribution < 1.29 is 43.9 Å². The van der Waals surface area contributed by atoms with Crippen molar-refractivity contribution in [2.75, 3.05) is 11.5 Å². The van der Waals surface area contributed by atoms with Gasteiger partial charge < -0.3 is 0 Å². The molecule has 0 aromatic heterocycles. The van der Waals surface area contributed by atoms with Gasteiger partial charge in [-0.2, -0.15) is 26.3 Å². The third kappa shape index (κ3) is 8.56. The highest BCUT2D eigenvalue weighted by Crippen LogP contribution is 2.42. The van der Waals surface area contributed by atoms with Gasteiger partial charge in [-0.1, -0.05) is 61.8 Å². The van der Waals surface area contributed by atoms with Crippen LogP contribution < -0.4 is 0 Å². The zero-order valence-corrected chi connectivity index (χ0v) is 22.9. The number of hydrogen-bond acceptors (Lipinski definition) is 3. The predicted molar refractivity (Wildman–Crippen MR) is 138 cm³/mol. The van der Waals surface area contributed by atoms with E-state index in [1.165, 1.54) is 19.9 Å². The van der Waals surface area contributed by atoms with Gasteiger partial charge in [-0.15, -0.1) is 0 Å². The number of sulfone groups is 1. The Kier molecular flexibility index (Phi) is 10.5. The highest BCUT2D eigenvalue weighted by molar-refractivity contribution is 7.91. The summed E-state index contributed by atoms with van der Waals surface area (Å²) in [5.41, 5.74) is -3.69. The summed E-state index contributed by atoms with van der Waals surface area (Å²) in [6, 6.07) is 3.44. The van der Waals surface area contributed by atoms with E-state index in [2.05, 4.69) is 6.58 Å². The molecule has 2 aromatic carbocycles. The summed E-state index contributed by atoms with van der Waals surface area (Å²) in [6.45, 7) is 6.21. The van der Waals surface area contributed by atoms with Gasteiger partial charge in [-0.3, -0.25) is 4.79 Å².